The van der Waals surface area contributed by atoms with Gasteiger partial charge in [0.1, 0.15) is 0 Å². The second-order valence-corrected chi connectivity index (χ2v) is 5.14. The zero-order chi connectivity index (χ0) is 12.1. The molecule has 1 N–H and O–H groups in total. The quantitative estimate of drug-likeness (QED) is 0.883. The maximum Gasteiger partial charge on any atom is 0.0450 e. The second kappa shape index (κ2) is 6.20. The smallest absolute Gasteiger partial charge is 0.0450 e. The molecule has 3 heteroatoms. The van der Waals surface area contributed by atoms with Gasteiger partial charge < -0.3 is 5.32 Å². The first kappa shape index (κ1) is 12.6. The van der Waals surface area contributed by atoms with Gasteiger partial charge in [-0.15, -0.1) is 0 Å². The number of hydrogen-bond acceptors (Lipinski definition) is 1. The van der Waals surface area contributed by atoms with Crippen LogP contribution in [0.5, 0.6) is 0 Å². The second-order valence-electron chi connectivity index (χ2n) is 3.82. The van der Waals surface area contributed by atoms with E-state index in [1.54, 1.807) is 0 Å². The first-order valence-corrected chi connectivity index (χ1v) is 6.61. The molecule has 0 aromatic heterocycles. The third-order valence-corrected chi connectivity index (χ3v) is 3.41. The Bertz CT molecular complexity index is 482. The summed E-state index contributed by atoms with van der Waals surface area (Å²) in [6.45, 7) is 1.63. The van der Waals surface area contributed by atoms with Crippen LogP contribution in [0.4, 0.5) is 0 Å². The predicted octanol–water partition coefficient (Wildman–Crippen LogP) is 4.39. The van der Waals surface area contributed by atoms with Gasteiger partial charge in [-0.1, -0.05) is 57.9 Å². The summed E-state index contributed by atoms with van der Waals surface area (Å²) < 4.78 is 1.10. The van der Waals surface area contributed by atoms with Crippen molar-refractivity contribution < 1.29 is 0 Å². The molecule has 0 bridgehead atoms. The molecule has 0 heterocycles. The summed E-state index contributed by atoms with van der Waals surface area (Å²) in [4.78, 5) is 0. The fraction of sp³-hybridized carbons (Fsp3) is 0.143. The van der Waals surface area contributed by atoms with E-state index in [0.29, 0.717) is 0 Å². The third kappa shape index (κ3) is 3.84. The summed E-state index contributed by atoms with van der Waals surface area (Å²) in [7, 11) is 0. The molecule has 0 aliphatic rings. The van der Waals surface area contributed by atoms with Crippen molar-refractivity contribution in [2.24, 2.45) is 0 Å². The highest BCUT2D eigenvalue weighted by Crippen LogP contribution is 2.15. The van der Waals surface area contributed by atoms with Gasteiger partial charge in [-0.25, -0.2) is 0 Å². The monoisotopic (exact) mass is 309 g/mol. The van der Waals surface area contributed by atoms with Crippen molar-refractivity contribution in [3.8, 4) is 0 Å². The number of benzene rings is 2. The Labute approximate surface area is 115 Å². The summed E-state index contributed by atoms with van der Waals surface area (Å²) in [6.07, 6.45) is 0. The van der Waals surface area contributed by atoms with E-state index >= 15 is 0 Å². The Morgan fingerprint density at radius 3 is 2.35 bits per heavy atom. The first-order chi connectivity index (χ1) is 8.25. The van der Waals surface area contributed by atoms with Crippen molar-refractivity contribution in [1.29, 1.82) is 0 Å². The molecule has 0 amide bonds. The van der Waals surface area contributed by atoms with Crippen LogP contribution in [0.15, 0.2) is 53.0 Å². The largest absolute Gasteiger partial charge is 0.309 e. The van der Waals surface area contributed by atoms with E-state index in [9.17, 15) is 0 Å². The Morgan fingerprint density at radius 1 is 0.941 bits per heavy atom. The zero-order valence-corrected chi connectivity index (χ0v) is 11.6. The zero-order valence-electron chi connectivity index (χ0n) is 9.29. The van der Waals surface area contributed by atoms with Crippen molar-refractivity contribution in [3.05, 3.63) is 69.2 Å². The summed E-state index contributed by atoms with van der Waals surface area (Å²) >= 11 is 9.50. The Morgan fingerprint density at radius 2 is 1.65 bits per heavy atom. The molecule has 0 fully saturated rings. The van der Waals surface area contributed by atoms with Gasteiger partial charge in [0, 0.05) is 22.6 Å². The topological polar surface area (TPSA) is 12.0 Å². The van der Waals surface area contributed by atoms with Crippen LogP contribution < -0.4 is 5.32 Å². The lowest BCUT2D eigenvalue weighted by Crippen LogP contribution is -2.12. The van der Waals surface area contributed by atoms with E-state index in [0.717, 1.165) is 28.1 Å². The van der Waals surface area contributed by atoms with Gasteiger partial charge in [-0.2, -0.15) is 0 Å². The van der Waals surface area contributed by atoms with Gasteiger partial charge in [0.25, 0.3) is 0 Å². The van der Waals surface area contributed by atoms with Gasteiger partial charge in [0.15, 0.2) is 0 Å². The van der Waals surface area contributed by atoms with Crippen molar-refractivity contribution in [3.63, 3.8) is 0 Å². The van der Waals surface area contributed by atoms with Crippen LogP contribution in [0.25, 0.3) is 0 Å². The average molecular weight is 311 g/mol. The Hall–Kier alpha value is -0.830. The highest BCUT2D eigenvalue weighted by Gasteiger charge is 1.98. The molecule has 0 aliphatic carbocycles. The van der Waals surface area contributed by atoms with E-state index in [1.807, 2.05) is 36.4 Å². The lowest BCUT2D eigenvalue weighted by molar-refractivity contribution is 0.693. The molecule has 0 aliphatic heterocycles. The number of hydrogen-bond donors (Lipinski definition) is 1. The molecular formula is C14H13BrClN. The molecular weight excluding hydrogens is 298 g/mol. The normalized spacial score (nSPS) is 10.5. The summed E-state index contributed by atoms with van der Waals surface area (Å²) in [6, 6.07) is 16.2. The first-order valence-electron chi connectivity index (χ1n) is 5.44. The molecule has 0 radical (unpaired) electrons. The summed E-state index contributed by atoms with van der Waals surface area (Å²) in [5.74, 6) is 0. The molecule has 0 atom stereocenters. The molecule has 1 nitrogen and oxygen atoms in total. The highest BCUT2D eigenvalue weighted by molar-refractivity contribution is 9.10. The molecule has 2 aromatic carbocycles. The number of rotatable bonds is 4. The molecule has 0 spiro atoms. The van der Waals surface area contributed by atoms with Crippen LogP contribution in [0.1, 0.15) is 11.1 Å². The van der Waals surface area contributed by atoms with Crippen molar-refractivity contribution in [2.45, 2.75) is 13.1 Å². The Balaban J connectivity index is 1.88. The van der Waals surface area contributed by atoms with E-state index < -0.39 is 0 Å². The van der Waals surface area contributed by atoms with Crippen LogP contribution >= 0.6 is 27.5 Å². The minimum absolute atomic E-state index is 0.787. The molecule has 0 unspecified atom stereocenters. The standard InChI is InChI=1S/C14H13BrClN/c15-13-7-5-11(6-8-13)9-17-10-12-3-1-2-4-14(12)16/h1-8,17H,9-10H2. The van der Waals surface area contributed by atoms with Gasteiger partial charge >= 0.3 is 0 Å². The van der Waals surface area contributed by atoms with Gasteiger partial charge in [-0.05, 0) is 29.3 Å². The van der Waals surface area contributed by atoms with Crippen LogP contribution in [0.2, 0.25) is 5.02 Å². The third-order valence-electron chi connectivity index (χ3n) is 2.52. The van der Waals surface area contributed by atoms with Crippen LogP contribution in [0.3, 0.4) is 0 Å². The average Bonchev–Trinajstić information content (AvgIpc) is 2.34. The van der Waals surface area contributed by atoms with E-state index in [4.69, 9.17) is 11.6 Å². The highest BCUT2D eigenvalue weighted by atomic mass is 79.9. The van der Waals surface area contributed by atoms with Gasteiger partial charge in [0.05, 0.1) is 0 Å². The number of halogens is 2. The van der Waals surface area contributed by atoms with Crippen LogP contribution in [-0.2, 0) is 13.1 Å². The molecule has 17 heavy (non-hydrogen) atoms. The van der Waals surface area contributed by atoms with Crippen LogP contribution in [0, 0.1) is 0 Å². The lowest BCUT2D eigenvalue weighted by Gasteiger charge is -2.06. The Kier molecular flexibility index (Phi) is 4.60. The predicted molar refractivity (Wildman–Crippen MR) is 76.1 cm³/mol. The SMILES string of the molecule is Clc1ccccc1CNCc1ccc(Br)cc1. The maximum atomic E-state index is 6.08. The molecule has 0 saturated heterocycles. The van der Waals surface area contributed by atoms with Gasteiger partial charge in [-0.3, -0.25) is 0 Å². The van der Waals surface area contributed by atoms with Gasteiger partial charge in [0.2, 0.25) is 0 Å². The molecule has 0 saturated carbocycles. The van der Waals surface area contributed by atoms with E-state index in [1.165, 1.54) is 5.56 Å². The lowest BCUT2D eigenvalue weighted by atomic mass is 10.2. The minimum atomic E-state index is 0.787. The van der Waals surface area contributed by atoms with E-state index in [2.05, 4.69) is 33.4 Å². The maximum absolute atomic E-state index is 6.08. The number of nitrogens with one attached hydrogen (secondary N) is 1. The van der Waals surface area contributed by atoms with Crippen LogP contribution in [-0.4, -0.2) is 0 Å². The molecule has 88 valence electrons. The fourth-order valence-corrected chi connectivity index (χ4v) is 2.05. The van der Waals surface area contributed by atoms with Crippen molar-refractivity contribution >= 4 is 27.5 Å². The fourth-order valence-electron chi connectivity index (χ4n) is 1.59. The summed E-state index contributed by atoms with van der Waals surface area (Å²) in [5, 5.41) is 4.19. The van der Waals surface area contributed by atoms with Crippen molar-refractivity contribution in [2.75, 3.05) is 0 Å². The summed E-state index contributed by atoms with van der Waals surface area (Å²) in [5.41, 5.74) is 2.39. The molecule has 2 rings (SSSR count). The van der Waals surface area contributed by atoms with Crippen molar-refractivity contribution in [1.82, 2.24) is 5.32 Å². The molecule has 2 aromatic rings. The minimum Gasteiger partial charge on any atom is -0.309 e. The van der Waals surface area contributed by atoms with E-state index in [-0.39, 0.29) is 0 Å².